The lowest BCUT2D eigenvalue weighted by molar-refractivity contribution is 0.473. The molecule has 0 amide bonds. The highest BCUT2D eigenvalue weighted by molar-refractivity contribution is 5.18. The number of benzene rings is 1. The molecule has 0 spiro atoms. The van der Waals surface area contributed by atoms with Crippen LogP contribution in [0.1, 0.15) is 37.7 Å². The average Bonchev–Trinajstić information content (AvgIpc) is 2.82. The van der Waals surface area contributed by atoms with E-state index in [4.69, 9.17) is 0 Å². The van der Waals surface area contributed by atoms with Crippen LogP contribution in [0.5, 0.6) is 0 Å². The Labute approximate surface area is 101 Å². The highest BCUT2D eigenvalue weighted by atomic mass is 19.1. The SMILES string of the molecule is Fc1ccc(F)c(CNCCC2CCCC2)c1. The lowest BCUT2D eigenvalue weighted by Gasteiger charge is -2.10. The van der Waals surface area contributed by atoms with Gasteiger partial charge in [0.15, 0.2) is 0 Å². The third-order valence-corrected chi connectivity index (χ3v) is 3.53. The summed E-state index contributed by atoms with van der Waals surface area (Å²) in [5.74, 6) is 0.124. The van der Waals surface area contributed by atoms with Gasteiger partial charge in [0.2, 0.25) is 0 Å². The molecule has 1 N–H and O–H groups in total. The zero-order valence-electron chi connectivity index (χ0n) is 10.0. The molecule has 0 saturated heterocycles. The van der Waals surface area contributed by atoms with Crippen LogP contribution in [0.2, 0.25) is 0 Å². The van der Waals surface area contributed by atoms with Gasteiger partial charge in [0.1, 0.15) is 11.6 Å². The van der Waals surface area contributed by atoms with Crippen molar-refractivity contribution >= 4 is 0 Å². The fourth-order valence-corrected chi connectivity index (χ4v) is 2.51. The van der Waals surface area contributed by atoms with E-state index >= 15 is 0 Å². The minimum absolute atomic E-state index is 0.334. The monoisotopic (exact) mass is 239 g/mol. The summed E-state index contributed by atoms with van der Waals surface area (Å²) < 4.78 is 26.2. The minimum Gasteiger partial charge on any atom is -0.313 e. The molecular weight excluding hydrogens is 220 g/mol. The summed E-state index contributed by atoms with van der Waals surface area (Å²) in [6, 6.07) is 3.60. The van der Waals surface area contributed by atoms with Crippen LogP contribution in [0.3, 0.4) is 0 Å². The van der Waals surface area contributed by atoms with Crippen molar-refractivity contribution in [3.05, 3.63) is 35.4 Å². The number of halogens is 2. The van der Waals surface area contributed by atoms with Crippen molar-refractivity contribution in [1.82, 2.24) is 5.32 Å². The van der Waals surface area contributed by atoms with Gasteiger partial charge in [0.25, 0.3) is 0 Å². The Morgan fingerprint density at radius 1 is 1.18 bits per heavy atom. The quantitative estimate of drug-likeness (QED) is 0.774. The number of rotatable bonds is 5. The predicted molar refractivity (Wildman–Crippen MR) is 64.6 cm³/mol. The summed E-state index contributed by atoms with van der Waals surface area (Å²) >= 11 is 0. The van der Waals surface area contributed by atoms with Crippen molar-refractivity contribution < 1.29 is 8.78 Å². The lowest BCUT2D eigenvalue weighted by Crippen LogP contribution is -2.17. The molecule has 1 aliphatic carbocycles. The molecule has 1 fully saturated rings. The number of hydrogen-bond acceptors (Lipinski definition) is 1. The molecule has 17 heavy (non-hydrogen) atoms. The molecule has 0 bridgehead atoms. The van der Waals surface area contributed by atoms with Gasteiger partial charge in [-0.15, -0.1) is 0 Å². The van der Waals surface area contributed by atoms with Crippen LogP contribution in [-0.2, 0) is 6.54 Å². The van der Waals surface area contributed by atoms with Crippen LogP contribution >= 0.6 is 0 Å². The zero-order chi connectivity index (χ0) is 12.1. The predicted octanol–water partition coefficient (Wildman–Crippen LogP) is 3.63. The van der Waals surface area contributed by atoms with Crippen LogP contribution in [0, 0.1) is 17.6 Å². The van der Waals surface area contributed by atoms with Gasteiger partial charge in [-0.2, -0.15) is 0 Å². The second-order valence-electron chi connectivity index (χ2n) is 4.85. The molecule has 0 atom stereocenters. The molecule has 3 heteroatoms. The first-order valence-electron chi connectivity index (χ1n) is 6.40. The summed E-state index contributed by atoms with van der Waals surface area (Å²) in [5.41, 5.74) is 0.413. The summed E-state index contributed by atoms with van der Waals surface area (Å²) in [5, 5.41) is 3.19. The molecule has 0 aliphatic heterocycles. The first-order chi connectivity index (χ1) is 8.25. The molecule has 0 heterocycles. The van der Waals surface area contributed by atoms with Crippen molar-refractivity contribution in [1.29, 1.82) is 0 Å². The Balaban J connectivity index is 1.72. The van der Waals surface area contributed by atoms with Gasteiger partial charge in [-0.25, -0.2) is 8.78 Å². The smallest absolute Gasteiger partial charge is 0.127 e. The summed E-state index contributed by atoms with van der Waals surface area (Å²) in [6.45, 7) is 1.30. The second-order valence-corrected chi connectivity index (χ2v) is 4.85. The van der Waals surface area contributed by atoms with Gasteiger partial charge in [0.05, 0.1) is 0 Å². The van der Waals surface area contributed by atoms with E-state index in [1.54, 1.807) is 0 Å². The first-order valence-corrected chi connectivity index (χ1v) is 6.40. The Kier molecular flexibility index (Phi) is 4.49. The molecular formula is C14H19F2N. The molecule has 1 aromatic rings. The van der Waals surface area contributed by atoms with Gasteiger partial charge in [-0.1, -0.05) is 25.7 Å². The normalized spacial score (nSPS) is 16.6. The van der Waals surface area contributed by atoms with E-state index in [0.29, 0.717) is 12.1 Å². The molecule has 0 unspecified atom stereocenters. The van der Waals surface area contributed by atoms with Crippen molar-refractivity contribution in [2.75, 3.05) is 6.54 Å². The van der Waals surface area contributed by atoms with Crippen LogP contribution in [0.4, 0.5) is 8.78 Å². The van der Waals surface area contributed by atoms with E-state index in [-0.39, 0.29) is 11.6 Å². The number of hydrogen-bond donors (Lipinski definition) is 1. The maximum atomic E-state index is 13.3. The third kappa shape index (κ3) is 3.77. The van der Waals surface area contributed by atoms with E-state index in [0.717, 1.165) is 24.9 Å². The van der Waals surface area contributed by atoms with Crippen molar-refractivity contribution in [2.24, 2.45) is 5.92 Å². The van der Waals surface area contributed by atoms with Crippen LogP contribution in [-0.4, -0.2) is 6.54 Å². The largest absolute Gasteiger partial charge is 0.313 e. The molecule has 0 radical (unpaired) electrons. The van der Waals surface area contributed by atoms with E-state index in [1.165, 1.54) is 37.8 Å². The minimum atomic E-state index is -0.376. The molecule has 1 aromatic carbocycles. The Morgan fingerprint density at radius 2 is 1.94 bits per heavy atom. The first kappa shape index (κ1) is 12.5. The summed E-state index contributed by atoms with van der Waals surface area (Å²) in [7, 11) is 0. The lowest BCUT2D eigenvalue weighted by atomic mass is 10.0. The third-order valence-electron chi connectivity index (χ3n) is 3.53. The second kappa shape index (κ2) is 6.10. The van der Waals surface area contributed by atoms with Crippen LogP contribution < -0.4 is 5.32 Å². The fourth-order valence-electron chi connectivity index (χ4n) is 2.51. The van der Waals surface area contributed by atoms with E-state index in [9.17, 15) is 8.78 Å². The Morgan fingerprint density at radius 3 is 2.71 bits per heavy atom. The maximum Gasteiger partial charge on any atom is 0.127 e. The van der Waals surface area contributed by atoms with Crippen molar-refractivity contribution in [2.45, 2.75) is 38.6 Å². The molecule has 0 aromatic heterocycles. The highest BCUT2D eigenvalue weighted by Crippen LogP contribution is 2.26. The van der Waals surface area contributed by atoms with E-state index in [1.807, 2.05) is 0 Å². The molecule has 94 valence electrons. The standard InChI is InChI=1S/C14H19F2N/c15-13-5-6-14(16)12(9-13)10-17-8-7-11-3-1-2-4-11/h5-6,9,11,17H,1-4,7-8,10H2. The van der Waals surface area contributed by atoms with Crippen molar-refractivity contribution in [3.8, 4) is 0 Å². The van der Waals surface area contributed by atoms with Gasteiger partial charge >= 0.3 is 0 Å². The topological polar surface area (TPSA) is 12.0 Å². The number of nitrogens with one attached hydrogen (secondary N) is 1. The molecule has 1 aliphatic rings. The van der Waals surface area contributed by atoms with Gasteiger partial charge < -0.3 is 5.32 Å². The van der Waals surface area contributed by atoms with Crippen LogP contribution in [0.15, 0.2) is 18.2 Å². The van der Waals surface area contributed by atoms with Gasteiger partial charge in [0, 0.05) is 12.1 Å². The summed E-state index contributed by atoms with van der Waals surface area (Å²) in [4.78, 5) is 0. The Hall–Kier alpha value is -0.960. The summed E-state index contributed by atoms with van der Waals surface area (Å²) in [6.07, 6.45) is 6.51. The molecule has 2 rings (SSSR count). The van der Waals surface area contributed by atoms with Gasteiger partial charge in [-0.05, 0) is 37.1 Å². The maximum absolute atomic E-state index is 13.3. The van der Waals surface area contributed by atoms with Crippen LogP contribution in [0.25, 0.3) is 0 Å². The average molecular weight is 239 g/mol. The highest BCUT2D eigenvalue weighted by Gasteiger charge is 2.14. The fraction of sp³-hybridized carbons (Fsp3) is 0.571. The van der Waals surface area contributed by atoms with E-state index < -0.39 is 0 Å². The zero-order valence-corrected chi connectivity index (χ0v) is 10.0. The van der Waals surface area contributed by atoms with Crippen molar-refractivity contribution in [3.63, 3.8) is 0 Å². The molecule has 1 saturated carbocycles. The van der Waals surface area contributed by atoms with Gasteiger partial charge in [-0.3, -0.25) is 0 Å². The van der Waals surface area contributed by atoms with E-state index in [2.05, 4.69) is 5.32 Å². The Bertz CT molecular complexity index is 359. The molecule has 1 nitrogen and oxygen atoms in total.